The van der Waals surface area contributed by atoms with Gasteiger partial charge in [-0.2, -0.15) is 9.82 Å². The number of carbonyl (C=O) groups is 1. The highest BCUT2D eigenvalue weighted by Crippen LogP contribution is 2.13. The van der Waals surface area contributed by atoms with Crippen molar-refractivity contribution in [1.29, 1.82) is 0 Å². The minimum Gasteiger partial charge on any atom is -0.271 e. The molecule has 2 aromatic carbocycles. The SMILES string of the molecule is Cc1ccc(S(=O)(=O)NC(CC(C)C)C(=O)NN=Cc2ccccc2)cc1. The van der Waals surface area contributed by atoms with Gasteiger partial charge in [-0.05, 0) is 37.0 Å². The van der Waals surface area contributed by atoms with E-state index in [-0.39, 0.29) is 10.8 Å². The molecule has 0 aliphatic carbocycles. The summed E-state index contributed by atoms with van der Waals surface area (Å²) in [6.45, 7) is 5.73. The summed E-state index contributed by atoms with van der Waals surface area (Å²) >= 11 is 0. The second-order valence-corrected chi connectivity index (χ2v) is 8.48. The Bertz CT molecular complexity index is 876. The minimum absolute atomic E-state index is 0.125. The van der Waals surface area contributed by atoms with Crippen molar-refractivity contribution in [3.8, 4) is 0 Å². The Labute approximate surface area is 160 Å². The van der Waals surface area contributed by atoms with Crippen LogP contribution < -0.4 is 10.1 Å². The van der Waals surface area contributed by atoms with Gasteiger partial charge >= 0.3 is 0 Å². The van der Waals surface area contributed by atoms with Crippen LogP contribution in [0.3, 0.4) is 0 Å². The predicted molar refractivity (Wildman–Crippen MR) is 107 cm³/mol. The van der Waals surface area contributed by atoms with Crippen LogP contribution in [0.25, 0.3) is 0 Å². The summed E-state index contributed by atoms with van der Waals surface area (Å²) < 4.78 is 27.7. The zero-order valence-corrected chi connectivity index (χ0v) is 16.5. The highest BCUT2D eigenvalue weighted by molar-refractivity contribution is 7.89. The Balaban J connectivity index is 2.10. The van der Waals surface area contributed by atoms with Crippen molar-refractivity contribution in [1.82, 2.24) is 10.1 Å². The first-order valence-electron chi connectivity index (χ1n) is 8.75. The van der Waals surface area contributed by atoms with E-state index < -0.39 is 22.0 Å². The number of carbonyl (C=O) groups excluding carboxylic acids is 1. The molecule has 0 spiro atoms. The Morgan fingerprint density at radius 1 is 1.07 bits per heavy atom. The van der Waals surface area contributed by atoms with Crippen molar-refractivity contribution in [3.63, 3.8) is 0 Å². The number of nitrogens with one attached hydrogen (secondary N) is 2. The summed E-state index contributed by atoms with van der Waals surface area (Å²) in [7, 11) is -3.81. The van der Waals surface area contributed by atoms with Gasteiger partial charge in [-0.15, -0.1) is 0 Å². The number of aryl methyl sites for hydroxylation is 1. The van der Waals surface area contributed by atoms with Crippen molar-refractivity contribution in [2.24, 2.45) is 11.0 Å². The van der Waals surface area contributed by atoms with Crippen LogP contribution in [-0.4, -0.2) is 26.6 Å². The first-order valence-corrected chi connectivity index (χ1v) is 10.2. The second-order valence-electron chi connectivity index (χ2n) is 6.76. The summed E-state index contributed by atoms with van der Waals surface area (Å²) in [4.78, 5) is 12.6. The molecule has 0 heterocycles. The van der Waals surface area contributed by atoms with Gasteiger partial charge in [0.15, 0.2) is 0 Å². The van der Waals surface area contributed by atoms with Gasteiger partial charge in [0.1, 0.15) is 6.04 Å². The fourth-order valence-electron chi connectivity index (χ4n) is 2.44. The predicted octanol–water partition coefficient (Wildman–Crippen LogP) is 2.84. The molecule has 144 valence electrons. The van der Waals surface area contributed by atoms with Gasteiger partial charge in [-0.3, -0.25) is 4.79 Å². The van der Waals surface area contributed by atoms with E-state index >= 15 is 0 Å². The molecule has 6 nitrogen and oxygen atoms in total. The van der Waals surface area contributed by atoms with Gasteiger partial charge in [0.25, 0.3) is 5.91 Å². The lowest BCUT2D eigenvalue weighted by Gasteiger charge is -2.19. The van der Waals surface area contributed by atoms with Crippen LogP contribution in [0.4, 0.5) is 0 Å². The van der Waals surface area contributed by atoms with Gasteiger partial charge in [0, 0.05) is 0 Å². The van der Waals surface area contributed by atoms with E-state index in [1.54, 1.807) is 12.1 Å². The number of sulfonamides is 1. The van der Waals surface area contributed by atoms with Gasteiger partial charge in [0.2, 0.25) is 10.0 Å². The van der Waals surface area contributed by atoms with Crippen LogP contribution in [0.1, 0.15) is 31.4 Å². The van der Waals surface area contributed by atoms with Crippen LogP contribution in [0.5, 0.6) is 0 Å². The Hall–Kier alpha value is -2.51. The number of hydrogen-bond acceptors (Lipinski definition) is 4. The molecule has 0 saturated heterocycles. The number of benzene rings is 2. The molecule has 1 unspecified atom stereocenters. The van der Waals surface area contributed by atoms with Gasteiger partial charge in [-0.1, -0.05) is 61.9 Å². The molecule has 2 rings (SSSR count). The monoisotopic (exact) mass is 387 g/mol. The topological polar surface area (TPSA) is 87.6 Å². The molecule has 1 atom stereocenters. The van der Waals surface area contributed by atoms with Crippen molar-refractivity contribution < 1.29 is 13.2 Å². The molecule has 0 aliphatic heterocycles. The fourth-order valence-corrected chi connectivity index (χ4v) is 3.65. The minimum atomic E-state index is -3.81. The van der Waals surface area contributed by atoms with E-state index in [1.165, 1.54) is 18.3 Å². The summed E-state index contributed by atoms with van der Waals surface area (Å²) in [6.07, 6.45) is 1.87. The third-order valence-electron chi connectivity index (χ3n) is 3.84. The zero-order valence-electron chi connectivity index (χ0n) is 15.7. The highest BCUT2D eigenvalue weighted by atomic mass is 32.2. The first kappa shape index (κ1) is 20.8. The maximum Gasteiger partial charge on any atom is 0.258 e. The molecule has 0 radical (unpaired) electrons. The Morgan fingerprint density at radius 3 is 2.30 bits per heavy atom. The van der Waals surface area contributed by atoms with Crippen LogP contribution >= 0.6 is 0 Å². The molecule has 7 heteroatoms. The van der Waals surface area contributed by atoms with Crippen molar-refractivity contribution >= 4 is 22.1 Å². The molecular formula is C20H25N3O3S. The van der Waals surface area contributed by atoms with Gasteiger partial charge in [0.05, 0.1) is 11.1 Å². The summed E-state index contributed by atoms with van der Waals surface area (Å²) in [5, 5.41) is 3.92. The number of hydrogen-bond donors (Lipinski definition) is 2. The van der Waals surface area contributed by atoms with E-state index in [4.69, 9.17) is 0 Å². The van der Waals surface area contributed by atoms with Gasteiger partial charge in [-0.25, -0.2) is 13.8 Å². The third-order valence-corrected chi connectivity index (χ3v) is 5.33. The summed E-state index contributed by atoms with van der Waals surface area (Å²) in [5.41, 5.74) is 4.21. The number of nitrogens with zero attached hydrogens (tertiary/aromatic N) is 1. The number of hydrazone groups is 1. The van der Waals surface area contributed by atoms with Crippen molar-refractivity contribution in [3.05, 3.63) is 65.7 Å². The van der Waals surface area contributed by atoms with E-state index in [2.05, 4.69) is 15.2 Å². The fraction of sp³-hybridized carbons (Fsp3) is 0.300. The van der Waals surface area contributed by atoms with Crippen LogP contribution in [0.2, 0.25) is 0 Å². The molecule has 27 heavy (non-hydrogen) atoms. The summed E-state index contributed by atoms with van der Waals surface area (Å²) in [5.74, 6) is -0.369. The largest absolute Gasteiger partial charge is 0.271 e. The lowest BCUT2D eigenvalue weighted by atomic mass is 10.0. The van der Waals surface area contributed by atoms with Crippen LogP contribution in [0, 0.1) is 12.8 Å². The van der Waals surface area contributed by atoms with Gasteiger partial charge < -0.3 is 0 Å². The van der Waals surface area contributed by atoms with Crippen molar-refractivity contribution in [2.75, 3.05) is 0 Å². The lowest BCUT2D eigenvalue weighted by molar-refractivity contribution is -0.123. The molecular weight excluding hydrogens is 362 g/mol. The van der Waals surface area contributed by atoms with Crippen LogP contribution in [-0.2, 0) is 14.8 Å². The molecule has 0 saturated carbocycles. The number of rotatable bonds is 8. The first-order chi connectivity index (χ1) is 12.8. The molecule has 1 amide bonds. The standard InChI is InChI=1S/C20H25N3O3S/c1-15(2)13-19(20(24)22-21-14-17-7-5-4-6-8-17)23-27(25,26)18-11-9-16(3)10-12-18/h4-12,14-15,19,23H,13H2,1-3H3,(H,22,24). The molecule has 0 fully saturated rings. The maximum atomic E-state index is 12.6. The van der Waals surface area contributed by atoms with E-state index in [9.17, 15) is 13.2 Å². The maximum absolute atomic E-state index is 12.6. The summed E-state index contributed by atoms with van der Waals surface area (Å²) in [6, 6.07) is 14.9. The zero-order chi connectivity index (χ0) is 19.9. The molecule has 0 bridgehead atoms. The number of amides is 1. The average Bonchev–Trinajstić information content (AvgIpc) is 2.62. The lowest BCUT2D eigenvalue weighted by Crippen LogP contribution is -2.46. The average molecular weight is 388 g/mol. The quantitative estimate of drug-likeness (QED) is 0.539. The second kappa shape index (κ2) is 9.43. The molecule has 0 aromatic heterocycles. The smallest absolute Gasteiger partial charge is 0.258 e. The Kier molecular flexibility index (Phi) is 7.27. The normalized spacial score (nSPS) is 13.0. The molecule has 0 aliphatic rings. The van der Waals surface area contributed by atoms with Crippen molar-refractivity contribution in [2.45, 2.75) is 38.1 Å². The molecule has 2 N–H and O–H groups in total. The van der Waals surface area contributed by atoms with Crippen LogP contribution in [0.15, 0.2) is 64.6 Å². The Morgan fingerprint density at radius 2 is 1.70 bits per heavy atom. The highest BCUT2D eigenvalue weighted by Gasteiger charge is 2.26. The van der Waals surface area contributed by atoms with E-state index in [0.717, 1.165) is 11.1 Å². The molecule has 2 aromatic rings. The third kappa shape index (κ3) is 6.62. The van der Waals surface area contributed by atoms with E-state index in [1.807, 2.05) is 51.1 Å². The van der Waals surface area contributed by atoms with E-state index in [0.29, 0.717) is 6.42 Å².